The van der Waals surface area contributed by atoms with Crippen molar-refractivity contribution >= 4 is 21.6 Å². The molecule has 0 amide bonds. The summed E-state index contributed by atoms with van der Waals surface area (Å²) in [5.74, 6) is 0. The van der Waals surface area contributed by atoms with Crippen LogP contribution in [0.2, 0.25) is 0 Å². The number of hydrogen-bond acceptors (Lipinski definition) is 4. The zero-order valence-corrected chi connectivity index (χ0v) is 11.8. The number of benzene rings is 1. The number of aliphatic hydroxyl groups is 1. The summed E-state index contributed by atoms with van der Waals surface area (Å²) in [4.78, 5) is 4.53. The molecule has 0 saturated heterocycles. The third kappa shape index (κ3) is 2.88. The lowest BCUT2D eigenvalue weighted by Gasteiger charge is -2.29. The molecule has 1 atom stereocenters. The Kier molecular flexibility index (Phi) is 4.00. The summed E-state index contributed by atoms with van der Waals surface area (Å²) in [5, 5.41) is 11.2. The standard InChI is InChI=1S/C14H19NO2S/c1-4-17-14(2,3)12(16)9-13-15-10-7-5-6-8-11(10)18-13/h5-8,12,16H,4,9H2,1-3H3. The van der Waals surface area contributed by atoms with E-state index >= 15 is 0 Å². The van der Waals surface area contributed by atoms with Gasteiger partial charge >= 0.3 is 0 Å². The predicted octanol–water partition coefficient (Wildman–Crippen LogP) is 3.01. The van der Waals surface area contributed by atoms with Gasteiger partial charge in [0.1, 0.15) is 0 Å². The highest BCUT2D eigenvalue weighted by molar-refractivity contribution is 7.18. The number of hydrogen-bond donors (Lipinski definition) is 1. The van der Waals surface area contributed by atoms with Gasteiger partial charge < -0.3 is 9.84 Å². The van der Waals surface area contributed by atoms with Crippen LogP contribution in [0, 0.1) is 0 Å². The molecule has 1 N–H and O–H groups in total. The van der Waals surface area contributed by atoms with Crippen LogP contribution in [0.15, 0.2) is 24.3 Å². The number of nitrogens with zero attached hydrogens (tertiary/aromatic N) is 1. The van der Waals surface area contributed by atoms with Gasteiger partial charge in [0.25, 0.3) is 0 Å². The molecule has 0 bridgehead atoms. The van der Waals surface area contributed by atoms with Gasteiger partial charge in [-0.2, -0.15) is 0 Å². The molecule has 1 aromatic carbocycles. The Balaban J connectivity index is 2.13. The third-order valence-electron chi connectivity index (χ3n) is 3.02. The molecular formula is C14H19NO2S. The fraction of sp³-hybridized carbons (Fsp3) is 0.500. The van der Waals surface area contributed by atoms with Crippen molar-refractivity contribution in [3.8, 4) is 0 Å². The molecule has 1 heterocycles. The molecule has 0 radical (unpaired) electrons. The number of ether oxygens (including phenoxy) is 1. The zero-order chi connectivity index (χ0) is 13.2. The van der Waals surface area contributed by atoms with Crippen LogP contribution < -0.4 is 0 Å². The monoisotopic (exact) mass is 265 g/mol. The summed E-state index contributed by atoms with van der Waals surface area (Å²) in [5.41, 5.74) is 0.464. The van der Waals surface area contributed by atoms with E-state index in [0.29, 0.717) is 13.0 Å². The first-order valence-electron chi connectivity index (χ1n) is 6.19. The Morgan fingerprint density at radius 1 is 1.39 bits per heavy atom. The Morgan fingerprint density at radius 2 is 2.11 bits per heavy atom. The maximum atomic E-state index is 10.2. The maximum Gasteiger partial charge on any atom is 0.0965 e. The number of fused-ring (bicyclic) bond motifs is 1. The lowest BCUT2D eigenvalue weighted by atomic mass is 9.99. The Morgan fingerprint density at radius 3 is 2.78 bits per heavy atom. The van der Waals surface area contributed by atoms with Crippen LogP contribution in [0.25, 0.3) is 10.2 Å². The van der Waals surface area contributed by atoms with Crippen molar-refractivity contribution in [1.29, 1.82) is 0 Å². The first-order valence-corrected chi connectivity index (χ1v) is 7.01. The fourth-order valence-electron chi connectivity index (χ4n) is 1.89. The highest BCUT2D eigenvalue weighted by atomic mass is 32.1. The molecule has 2 rings (SSSR count). The van der Waals surface area contributed by atoms with Crippen molar-refractivity contribution in [2.75, 3.05) is 6.61 Å². The Bertz CT molecular complexity index is 488. The molecule has 0 spiro atoms. The van der Waals surface area contributed by atoms with Gasteiger partial charge in [-0.1, -0.05) is 12.1 Å². The summed E-state index contributed by atoms with van der Waals surface area (Å²) in [6.45, 7) is 6.36. The van der Waals surface area contributed by atoms with Crippen LogP contribution in [0.5, 0.6) is 0 Å². The van der Waals surface area contributed by atoms with Gasteiger partial charge in [-0.3, -0.25) is 0 Å². The second kappa shape index (κ2) is 5.34. The largest absolute Gasteiger partial charge is 0.390 e. The quantitative estimate of drug-likeness (QED) is 0.903. The number of aliphatic hydroxyl groups excluding tert-OH is 1. The molecule has 98 valence electrons. The molecule has 0 aliphatic carbocycles. The van der Waals surface area contributed by atoms with E-state index in [1.165, 1.54) is 0 Å². The molecule has 0 fully saturated rings. The molecule has 1 unspecified atom stereocenters. The lowest BCUT2D eigenvalue weighted by Crippen LogP contribution is -2.40. The minimum atomic E-state index is -0.544. The predicted molar refractivity (Wildman–Crippen MR) is 75.0 cm³/mol. The molecule has 1 aromatic heterocycles. The lowest BCUT2D eigenvalue weighted by molar-refractivity contribution is -0.0955. The topological polar surface area (TPSA) is 42.4 Å². The highest BCUT2D eigenvalue weighted by Crippen LogP contribution is 2.25. The maximum absolute atomic E-state index is 10.2. The number of rotatable bonds is 5. The van der Waals surface area contributed by atoms with Crippen LogP contribution in [-0.4, -0.2) is 28.4 Å². The van der Waals surface area contributed by atoms with Crippen LogP contribution in [0.4, 0.5) is 0 Å². The average molecular weight is 265 g/mol. The second-order valence-electron chi connectivity index (χ2n) is 4.83. The average Bonchev–Trinajstić information content (AvgIpc) is 2.70. The van der Waals surface area contributed by atoms with Gasteiger partial charge in [0.2, 0.25) is 0 Å². The Hall–Kier alpha value is -0.970. The first-order chi connectivity index (χ1) is 8.53. The van der Waals surface area contributed by atoms with E-state index in [4.69, 9.17) is 4.74 Å². The minimum Gasteiger partial charge on any atom is -0.390 e. The second-order valence-corrected chi connectivity index (χ2v) is 5.95. The summed E-state index contributed by atoms with van der Waals surface area (Å²) in [6.07, 6.45) is -0.00943. The van der Waals surface area contributed by atoms with Gasteiger partial charge in [0.05, 0.1) is 26.9 Å². The van der Waals surface area contributed by atoms with Gasteiger partial charge in [-0.15, -0.1) is 11.3 Å². The van der Waals surface area contributed by atoms with E-state index in [1.54, 1.807) is 11.3 Å². The van der Waals surface area contributed by atoms with E-state index in [0.717, 1.165) is 15.2 Å². The van der Waals surface area contributed by atoms with Crippen molar-refractivity contribution in [2.45, 2.75) is 38.9 Å². The van der Waals surface area contributed by atoms with E-state index in [9.17, 15) is 5.11 Å². The third-order valence-corrected chi connectivity index (χ3v) is 4.08. The normalized spacial score (nSPS) is 14.0. The number of para-hydroxylation sites is 1. The van der Waals surface area contributed by atoms with Gasteiger partial charge in [0, 0.05) is 13.0 Å². The Labute approximate surface area is 111 Å². The van der Waals surface area contributed by atoms with Gasteiger partial charge in [-0.25, -0.2) is 4.98 Å². The SMILES string of the molecule is CCOC(C)(C)C(O)Cc1nc2ccccc2s1. The molecule has 0 saturated carbocycles. The summed E-state index contributed by atoms with van der Waals surface area (Å²) >= 11 is 1.63. The minimum absolute atomic E-state index is 0.534. The van der Waals surface area contributed by atoms with Crippen LogP contribution in [0.1, 0.15) is 25.8 Å². The van der Waals surface area contributed by atoms with E-state index < -0.39 is 11.7 Å². The first kappa shape index (κ1) is 13.5. The van der Waals surface area contributed by atoms with E-state index in [-0.39, 0.29) is 0 Å². The van der Waals surface area contributed by atoms with Crippen molar-refractivity contribution in [2.24, 2.45) is 0 Å². The van der Waals surface area contributed by atoms with Crippen LogP contribution in [-0.2, 0) is 11.2 Å². The van der Waals surface area contributed by atoms with Gasteiger partial charge in [0.15, 0.2) is 0 Å². The molecular weight excluding hydrogens is 246 g/mol. The molecule has 0 aliphatic heterocycles. The van der Waals surface area contributed by atoms with Crippen molar-refractivity contribution in [3.63, 3.8) is 0 Å². The molecule has 2 aromatic rings. The summed E-state index contributed by atoms with van der Waals surface area (Å²) < 4.78 is 6.73. The highest BCUT2D eigenvalue weighted by Gasteiger charge is 2.29. The zero-order valence-electron chi connectivity index (χ0n) is 11.0. The van der Waals surface area contributed by atoms with E-state index in [1.807, 2.05) is 39.0 Å². The smallest absolute Gasteiger partial charge is 0.0965 e. The fourth-order valence-corrected chi connectivity index (χ4v) is 2.89. The molecule has 3 nitrogen and oxygen atoms in total. The molecule has 0 aliphatic rings. The molecule has 4 heteroatoms. The number of thiazole rings is 1. The van der Waals surface area contributed by atoms with Crippen molar-refractivity contribution in [1.82, 2.24) is 4.98 Å². The van der Waals surface area contributed by atoms with Crippen molar-refractivity contribution in [3.05, 3.63) is 29.3 Å². The van der Waals surface area contributed by atoms with Crippen LogP contribution in [0.3, 0.4) is 0 Å². The van der Waals surface area contributed by atoms with Gasteiger partial charge in [-0.05, 0) is 32.9 Å². The van der Waals surface area contributed by atoms with Crippen molar-refractivity contribution < 1.29 is 9.84 Å². The summed E-state index contributed by atoms with van der Waals surface area (Å²) in [6, 6.07) is 8.03. The number of aromatic nitrogens is 1. The molecule has 18 heavy (non-hydrogen) atoms. The van der Waals surface area contributed by atoms with E-state index in [2.05, 4.69) is 11.1 Å². The van der Waals surface area contributed by atoms with Crippen LogP contribution >= 0.6 is 11.3 Å². The summed E-state index contributed by atoms with van der Waals surface area (Å²) in [7, 11) is 0.